The number of aryl methyl sites for hydroxylation is 1. The molecule has 1 saturated heterocycles. The Morgan fingerprint density at radius 3 is 2.60 bits per heavy atom. The van der Waals surface area contributed by atoms with Gasteiger partial charge >= 0.3 is 0 Å². The van der Waals surface area contributed by atoms with E-state index in [1.165, 1.54) is 11.1 Å². The van der Waals surface area contributed by atoms with E-state index < -0.39 is 0 Å². The summed E-state index contributed by atoms with van der Waals surface area (Å²) in [6, 6.07) is 8.37. The first-order valence-corrected chi connectivity index (χ1v) is 5.55. The number of nitrogens with zero attached hydrogens (tertiary/aromatic N) is 1. The zero-order chi connectivity index (χ0) is 10.7. The summed E-state index contributed by atoms with van der Waals surface area (Å²) in [5.41, 5.74) is 8.80. The largest absolute Gasteiger partial charge is 0.314 e. The number of nitrogens with one attached hydrogen (secondary N) is 1. The molecule has 0 radical (unpaired) electrons. The van der Waals surface area contributed by atoms with Gasteiger partial charge < -0.3 is 11.1 Å². The Bertz CT molecular complexity index is 318. The van der Waals surface area contributed by atoms with Crippen molar-refractivity contribution >= 4 is 0 Å². The van der Waals surface area contributed by atoms with E-state index in [2.05, 4.69) is 41.4 Å². The zero-order valence-electron chi connectivity index (χ0n) is 9.24. The van der Waals surface area contributed by atoms with Crippen LogP contribution in [0.1, 0.15) is 17.3 Å². The van der Waals surface area contributed by atoms with Gasteiger partial charge in [-0.1, -0.05) is 24.3 Å². The minimum atomic E-state index is 0.0494. The summed E-state index contributed by atoms with van der Waals surface area (Å²) >= 11 is 0. The lowest BCUT2D eigenvalue weighted by Gasteiger charge is -2.33. The predicted octanol–water partition coefficient (Wildman–Crippen LogP) is 0.858. The molecule has 82 valence electrons. The quantitative estimate of drug-likeness (QED) is 0.752. The summed E-state index contributed by atoms with van der Waals surface area (Å²) in [6.07, 6.45) is 0.0494. The molecule has 1 atom stereocenters. The van der Waals surface area contributed by atoms with Gasteiger partial charge in [0, 0.05) is 26.2 Å². The monoisotopic (exact) mass is 205 g/mol. The molecule has 1 aromatic carbocycles. The molecule has 1 aliphatic rings. The van der Waals surface area contributed by atoms with Crippen LogP contribution in [0.5, 0.6) is 0 Å². The molecule has 0 bridgehead atoms. The molecule has 3 nitrogen and oxygen atoms in total. The number of piperazine rings is 1. The molecule has 0 saturated carbocycles. The molecule has 1 fully saturated rings. The molecule has 0 aromatic heterocycles. The molecule has 0 amide bonds. The van der Waals surface area contributed by atoms with E-state index in [9.17, 15) is 0 Å². The minimum absolute atomic E-state index is 0.0494. The van der Waals surface area contributed by atoms with Gasteiger partial charge in [-0.3, -0.25) is 4.90 Å². The van der Waals surface area contributed by atoms with E-state index in [1.807, 2.05) is 0 Å². The third-order valence-corrected chi connectivity index (χ3v) is 3.05. The van der Waals surface area contributed by atoms with Crippen LogP contribution < -0.4 is 11.1 Å². The van der Waals surface area contributed by atoms with Crippen LogP contribution in [0.2, 0.25) is 0 Å². The van der Waals surface area contributed by atoms with E-state index in [4.69, 9.17) is 5.73 Å². The highest BCUT2D eigenvalue weighted by atomic mass is 15.3. The molecule has 0 spiro atoms. The Morgan fingerprint density at radius 2 is 1.93 bits per heavy atom. The average Bonchev–Trinajstić information content (AvgIpc) is 2.30. The van der Waals surface area contributed by atoms with Gasteiger partial charge in [0.2, 0.25) is 0 Å². The molecule has 1 aromatic rings. The van der Waals surface area contributed by atoms with Crippen LogP contribution in [0.25, 0.3) is 0 Å². The average molecular weight is 205 g/mol. The molecule has 3 N–H and O–H groups in total. The van der Waals surface area contributed by atoms with Gasteiger partial charge in [-0.05, 0) is 18.1 Å². The molecule has 1 heterocycles. The Kier molecular flexibility index (Phi) is 3.36. The molecule has 1 unspecified atom stereocenters. The fourth-order valence-corrected chi connectivity index (χ4v) is 2.08. The topological polar surface area (TPSA) is 41.3 Å². The lowest BCUT2D eigenvalue weighted by atomic mass is 10.1. The molecular formula is C12H19N3. The zero-order valence-corrected chi connectivity index (χ0v) is 9.24. The van der Waals surface area contributed by atoms with Crippen LogP contribution in [-0.2, 0) is 0 Å². The van der Waals surface area contributed by atoms with Gasteiger partial charge in [0.05, 0.1) is 6.17 Å². The maximum Gasteiger partial charge on any atom is 0.0838 e. The van der Waals surface area contributed by atoms with E-state index in [-0.39, 0.29) is 6.17 Å². The fraction of sp³-hybridized carbons (Fsp3) is 0.500. The van der Waals surface area contributed by atoms with Crippen molar-refractivity contribution in [1.82, 2.24) is 10.2 Å². The van der Waals surface area contributed by atoms with Gasteiger partial charge in [-0.15, -0.1) is 0 Å². The molecule has 1 aliphatic heterocycles. The number of rotatable bonds is 2. The van der Waals surface area contributed by atoms with Gasteiger partial charge in [0.1, 0.15) is 0 Å². The van der Waals surface area contributed by atoms with Crippen LogP contribution >= 0.6 is 0 Å². The van der Waals surface area contributed by atoms with E-state index in [0.717, 1.165) is 26.2 Å². The van der Waals surface area contributed by atoms with Crippen molar-refractivity contribution in [3.8, 4) is 0 Å². The van der Waals surface area contributed by atoms with Crippen molar-refractivity contribution in [3.05, 3.63) is 35.4 Å². The van der Waals surface area contributed by atoms with E-state index >= 15 is 0 Å². The van der Waals surface area contributed by atoms with Gasteiger partial charge in [-0.2, -0.15) is 0 Å². The summed E-state index contributed by atoms with van der Waals surface area (Å²) < 4.78 is 0. The summed E-state index contributed by atoms with van der Waals surface area (Å²) in [4.78, 5) is 2.33. The van der Waals surface area contributed by atoms with Crippen molar-refractivity contribution in [1.29, 1.82) is 0 Å². The Morgan fingerprint density at radius 1 is 1.27 bits per heavy atom. The normalized spacial score (nSPS) is 20.1. The van der Waals surface area contributed by atoms with Crippen molar-refractivity contribution in [3.63, 3.8) is 0 Å². The second-order valence-corrected chi connectivity index (χ2v) is 4.09. The first-order valence-electron chi connectivity index (χ1n) is 5.55. The molecule has 0 aliphatic carbocycles. The van der Waals surface area contributed by atoms with Crippen LogP contribution in [0.4, 0.5) is 0 Å². The lowest BCUT2D eigenvalue weighted by Crippen LogP contribution is -2.47. The number of benzene rings is 1. The van der Waals surface area contributed by atoms with E-state index in [1.54, 1.807) is 0 Å². The second kappa shape index (κ2) is 4.75. The molecule has 2 rings (SSSR count). The summed E-state index contributed by atoms with van der Waals surface area (Å²) in [5.74, 6) is 0. The van der Waals surface area contributed by atoms with E-state index in [0.29, 0.717) is 0 Å². The second-order valence-electron chi connectivity index (χ2n) is 4.09. The number of nitrogens with two attached hydrogens (primary N) is 1. The van der Waals surface area contributed by atoms with Gasteiger partial charge in [0.15, 0.2) is 0 Å². The van der Waals surface area contributed by atoms with Crippen molar-refractivity contribution < 1.29 is 0 Å². The maximum absolute atomic E-state index is 6.27. The lowest BCUT2D eigenvalue weighted by molar-refractivity contribution is 0.177. The van der Waals surface area contributed by atoms with Crippen LogP contribution in [0, 0.1) is 6.92 Å². The van der Waals surface area contributed by atoms with Gasteiger partial charge in [0.25, 0.3) is 0 Å². The minimum Gasteiger partial charge on any atom is -0.314 e. The molecular weight excluding hydrogens is 186 g/mol. The summed E-state index contributed by atoms with van der Waals surface area (Å²) in [6.45, 7) is 6.28. The van der Waals surface area contributed by atoms with Crippen LogP contribution in [-0.4, -0.2) is 31.1 Å². The number of hydrogen-bond donors (Lipinski definition) is 2. The summed E-state index contributed by atoms with van der Waals surface area (Å²) in [7, 11) is 0. The maximum atomic E-state index is 6.27. The highest BCUT2D eigenvalue weighted by molar-refractivity contribution is 5.28. The van der Waals surface area contributed by atoms with Crippen molar-refractivity contribution in [2.45, 2.75) is 13.1 Å². The Labute approximate surface area is 91.3 Å². The smallest absolute Gasteiger partial charge is 0.0838 e. The van der Waals surface area contributed by atoms with Crippen LogP contribution in [0.15, 0.2) is 24.3 Å². The SMILES string of the molecule is Cc1ccccc1C(N)N1CCNCC1. The molecule has 15 heavy (non-hydrogen) atoms. The highest BCUT2D eigenvalue weighted by Gasteiger charge is 2.18. The van der Waals surface area contributed by atoms with Crippen LogP contribution in [0.3, 0.4) is 0 Å². The first kappa shape index (κ1) is 10.6. The van der Waals surface area contributed by atoms with Gasteiger partial charge in [-0.25, -0.2) is 0 Å². The molecule has 3 heteroatoms. The highest BCUT2D eigenvalue weighted by Crippen LogP contribution is 2.18. The predicted molar refractivity (Wildman–Crippen MR) is 62.6 cm³/mol. The van der Waals surface area contributed by atoms with Crippen molar-refractivity contribution in [2.75, 3.05) is 26.2 Å². The first-order chi connectivity index (χ1) is 7.29. The number of hydrogen-bond acceptors (Lipinski definition) is 3. The fourth-order valence-electron chi connectivity index (χ4n) is 2.08. The Balaban J connectivity index is 2.12. The summed E-state index contributed by atoms with van der Waals surface area (Å²) in [5, 5.41) is 3.34. The Hall–Kier alpha value is -0.900. The third kappa shape index (κ3) is 2.37. The third-order valence-electron chi connectivity index (χ3n) is 3.05. The standard InChI is InChI=1S/C12H19N3/c1-10-4-2-3-5-11(10)12(13)15-8-6-14-7-9-15/h2-5,12,14H,6-9,13H2,1H3. The van der Waals surface area contributed by atoms with Crippen molar-refractivity contribution in [2.24, 2.45) is 5.73 Å².